The average Bonchev–Trinajstić information content (AvgIpc) is 3.18. The largest absolute Gasteiger partial charge is 0.493 e. The highest BCUT2D eigenvalue weighted by Gasteiger charge is 2.16. The van der Waals surface area contributed by atoms with Crippen molar-refractivity contribution in [2.24, 2.45) is 0 Å². The van der Waals surface area contributed by atoms with Gasteiger partial charge in [-0.3, -0.25) is 0 Å². The third kappa shape index (κ3) is 5.26. The molecule has 2 aromatic carbocycles. The monoisotopic (exact) mass is 459 g/mol. The molecule has 1 N–H and O–H groups in total. The van der Waals surface area contributed by atoms with Gasteiger partial charge < -0.3 is 14.8 Å². The number of unbranched alkanes of at least 4 members (excludes halogenated alkanes) is 1. The van der Waals surface area contributed by atoms with E-state index in [1.165, 1.54) is 5.56 Å². The maximum absolute atomic E-state index is 6.22. The van der Waals surface area contributed by atoms with Gasteiger partial charge in [0.25, 0.3) is 0 Å². The zero-order chi connectivity index (χ0) is 20.6. The number of aromatic nitrogens is 4. The first-order valence-electron chi connectivity index (χ1n) is 9.66. The zero-order valence-electron chi connectivity index (χ0n) is 17.0. The van der Waals surface area contributed by atoms with Crippen molar-refractivity contribution in [1.29, 1.82) is 0 Å². The molecule has 1 aromatic heterocycles. The van der Waals surface area contributed by atoms with Crippen molar-refractivity contribution >= 4 is 21.9 Å². The maximum atomic E-state index is 6.22. The first-order valence-corrected chi connectivity index (χ1v) is 10.5. The minimum absolute atomic E-state index is 0.459. The standard InChI is InChI=1S/C21H26BrN5O2/c1-4-5-12-27-21(24-25-26-27)23-13-17-18(22)10-11-19(28-3)20(17)29-14-16-9-7-6-8-15(16)2/h6-11H,4-5,12-14H2,1-3H3,(H,23,24,26). The van der Waals surface area contributed by atoms with Crippen LogP contribution in [-0.4, -0.2) is 27.3 Å². The van der Waals surface area contributed by atoms with Crippen molar-refractivity contribution in [3.63, 3.8) is 0 Å². The Balaban J connectivity index is 1.80. The number of anilines is 1. The molecule has 0 aliphatic heterocycles. The quantitative estimate of drug-likeness (QED) is 0.471. The summed E-state index contributed by atoms with van der Waals surface area (Å²) in [7, 11) is 1.65. The summed E-state index contributed by atoms with van der Waals surface area (Å²) in [5.41, 5.74) is 3.27. The smallest absolute Gasteiger partial charge is 0.243 e. The Morgan fingerprint density at radius 1 is 1.17 bits per heavy atom. The molecule has 154 valence electrons. The number of ether oxygens (including phenoxy) is 2. The summed E-state index contributed by atoms with van der Waals surface area (Å²) in [6.45, 7) is 5.95. The van der Waals surface area contributed by atoms with Gasteiger partial charge in [-0.1, -0.05) is 58.6 Å². The summed E-state index contributed by atoms with van der Waals surface area (Å²) >= 11 is 3.64. The van der Waals surface area contributed by atoms with Gasteiger partial charge in [-0.15, -0.1) is 0 Å². The van der Waals surface area contributed by atoms with E-state index >= 15 is 0 Å². The van der Waals surface area contributed by atoms with Crippen molar-refractivity contribution in [2.75, 3.05) is 12.4 Å². The molecule has 3 rings (SSSR count). The fourth-order valence-corrected chi connectivity index (χ4v) is 3.40. The van der Waals surface area contributed by atoms with Crippen molar-refractivity contribution in [3.8, 4) is 11.5 Å². The molecule has 0 saturated heterocycles. The van der Waals surface area contributed by atoms with Gasteiger partial charge in [-0.2, -0.15) is 0 Å². The lowest BCUT2D eigenvalue weighted by molar-refractivity contribution is 0.281. The SMILES string of the molecule is CCCCn1nnnc1NCc1c(Br)ccc(OC)c1OCc1ccccc1C. The van der Waals surface area contributed by atoms with E-state index in [1.54, 1.807) is 11.8 Å². The van der Waals surface area contributed by atoms with Gasteiger partial charge in [0.05, 0.1) is 7.11 Å². The summed E-state index contributed by atoms with van der Waals surface area (Å²) < 4.78 is 14.5. The molecule has 29 heavy (non-hydrogen) atoms. The fraction of sp³-hybridized carbons (Fsp3) is 0.381. The second-order valence-electron chi connectivity index (χ2n) is 6.71. The van der Waals surface area contributed by atoms with Crippen molar-refractivity contribution in [1.82, 2.24) is 20.2 Å². The Labute approximate surface area is 179 Å². The summed E-state index contributed by atoms with van der Waals surface area (Å²) in [6, 6.07) is 12.0. The number of methoxy groups -OCH3 is 1. The number of hydrogen-bond donors (Lipinski definition) is 1. The van der Waals surface area contributed by atoms with Crippen LogP contribution in [0.25, 0.3) is 0 Å². The molecule has 0 saturated carbocycles. The first kappa shape index (κ1) is 21.1. The molecule has 7 nitrogen and oxygen atoms in total. The Morgan fingerprint density at radius 3 is 2.76 bits per heavy atom. The van der Waals surface area contributed by atoms with Crippen LogP contribution in [0.1, 0.15) is 36.5 Å². The van der Waals surface area contributed by atoms with Crippen LogP contribution in [-0.2, 0) is 19.7 Å². The zero-order valence-corrected chi connectivity index (χ0v) is 18.6. The third-order valence-electron chi connectivity index (χ3n) is 4.70. The molecule has 0 aliphatic rings. The van der Waals surface area contributed by atoms with E-state index in [1.807, 2.05) is 24.3 Å². The van der Waals surface area contributed by atoms with E-state index in [0.717, 1.165) is 35.0 Å². The highest BCUT2D eigenvalue weighted by atomic mass is 79.9. The lowest BCUT2D eigenvalue weighted by Gasteiger charge is -2.18. The van der Waals surface area contributed by atoms with Crippen LogP contribution < -0.4 is 14.8 Å². The molecule has 0 spiro atoms. The van der Waals surface area contributed by atoms with Gasteiger partial charge in [0.15, 0.2) is 11.5 Å². The van der Waals surface area contributed by atoms with Crippen LogP contribution in [0.4, 0.5) is 5.95 Å². The number of rotatable bonds is 10. The molecule has 0 amide bonds. The molecule has 0 unspecified atom stereocenters. The van der Waals surface area contributed by atoms with Crippen LogP contribution in [0.15, 0.2) is 40.9 Å². The maximum Gasteiger partial charge on any atom is 0.243 e. The number of nitrogens with zero attached hydrogens (tertiary/aromatic N) is 4. The third-order valence-corrected chi connectivity index (χ3v) is 5.44. The average molecular weight is 460 g/mol. The fourth-order valence-electron chi connectivity index (χ4n) is 2.95. The van der Waals surface area contributed by atoms with E-state index in [0.29, 0.717) is 30.6 Å². The summed E-state index contributed by atoms with van der Waals surface area (Å²) in [4.78, 5) is 0. The number of hydrogen-bond acceptors (Lipinski definition) is 6. The van der Waals surface area contributed by atoms with Crippen molar-refractivity contribution < 1.29 is 9.47 Å². The topological polar surface area (TPSA) is 74.1 Å². The van der Waals surface area contributed by atoms with Gasteiger partial charge in [0.1, 0.15) is 6.61 Å². The normalized spacial score (nSPS) is 10.8. The molecule has 0 bridgehead atoms. The summed E-state index contributed by atoms with van der Waals surface area (Å²) in [5.74, 6) is 2.02. The second-order valence-corrected chi connectivity index (χ2v) is 7.56. The Morgan fingerprint density at radius 2 is 2.00 bits per heavy atom. The second kappa shape index (κ2) is 10.2. The Kier molecular flexibility index (Phi) is 7.46. The summed E-state index contributed by atoms with van der Waals surface area (Å²) in [5, 5.41) is 15.3. The molecule has 8 heteroatoms. The predicted octanol–water partition coefficient (Wildman–Crippen LogP) is 4.74. The van der Waals surface area contributed by atoms with E-state index in [2.05, 4.69) is 62.8 Å². The molecule has 3 aromatic rings. The minimum atomic E-state index is 0.459. The minimum Gasteiger partial charge on any atom is -0.493 e. The van der Waals surface area contributed by atoms with E-state index in [-0.39, 0.29) is 0 Å². The van der Waals surface area contributed by atoms with E-state index in [9.17, 15) is 0 Å². The van der Waals surface area contributed by atoms with E-state index in [4.69, 9.17) is 9.47 Å². The highest BCUT2D eigenvalue weighted by Crippen LogP contribution is 2.37. The van der Waals surface area contributed by atoms with Crippen LogP contribution in [0.2, 0.25) is 0 Å². The van der Waals surface area contributed by atoms with Gasteiger partial charge in [0.2, 0.25) is 5.95 Å². The molecule has 0 radical (unpaired) electrons. The highest BCUT2D eigenvalue weighted by molar-refractivity contribution is 9.10. The molecular weight excluding hydrogens is 434 g/mol. The Bertz CT molecular complexity index is 945. The summed E-state index contributed by atoms with van der Waals surface area (Å²) in [6.07, 6.45) is 2.10. The van der Waals surface area contributed by atoms with Crippen LogP contribution >= 0.6 is 15.9 Å². The molecule has 0 fully saturated rings. The molecule has 0 atom stereocenters. The first-order chi connectivity index (χ1) is 14.1. The predicted molar refractivity (Wildman–Crippen MR) is 116 cm³/mol. The van der Waals surface area contributed by atoms with E-state index < -0.39 is 0 Å². The van der Waals surface area contributed by atoms with Gasteiger partial charge in [-0.25, -0.2) is 4.68 Å². The molecule has 0 aliphatic carbocycles. The lowest BCUT2D eigenvalue weighted by atomic mass is 10.1. The molecule has 1 heterocycles. The van der Waals surface area contributed by atoms with Crippen LogP contribution in [0, 0.1) is 6.92 Å². The number of halogens is 1. The van der Waals surface area contributed by atoms with Crippen molar-refractivity contribution in [2.45, 2.75) is 46.4 Å². The van der Waals surface area contributed by atoms with Gasteiger partial charge >= 0.3 is 0 Å². The Hall–Kier alpha value is -2.61. The lowest BCUT2D eigenvalue weighted by Crippen LogP contribution is -2.11. The van der Waals surface area contributed by atoms with Crippen LogP contribution in [0.5, 0.6) is 11.5 Å². The van der Waals surface area contributed by atoms with Crippen molar-refractivity contribution in [3.05, 3.63) is 57.6 Å². The number of aryl methyl sites for hydroxylation is 2. The van der Waals surface area contributed by atoms with Gasteiger partial charge in [0, 0.05) is 23.1 Å². The van der Waals surface area contributed by atoms with Gasteiger partial charge in [-0.05, 0) is 47.0 Å². The van der Waals surface area contributed by atoms with Crippen LogP contribution in [0.3, 0.4) is 0 Å². The molecular formula is C21H26BrN5O2. The number of benzene rings is 2. The number of nitrogens with one attached hydrogen (secondary N) is 1. The number of tetrazole rings is 1.